The number of rotatable bonds is 1. The minimum Gasteiger partial charge on any atom is -0.387 e. The third-order valence-corrected chi connectivity index (χ3v) is 8.93. The van der Waals surface area contributed by atoms with E-state index in [2.05, 4.69) is 42.1 Å². The quantitative estimate of drug-likeness (QED) is 0.113. The molecule has 0 saturated heterocycles. The second kappa shape index (κ2) is 16.9. The molecule has 0 amide bonds. The van der Waals surface area contributed by atoms with Crippen molar-refractivity contribution in [2.24, 2.45) is 10.8 Å². The van der Waals surface area contributed by atoms with Crippen molar-refractivity contribution in [2.45, 2.75) is 101 Å². The first-order chi connectivity index (χ1) is 22.5. The lowest BCUT2D eigenvalue weighted by Crippen LogP contribution is -2.18. The van der Waals surface area contributed by atoms with Gasteiger partial charge in [-0.25, -0.2) is 0 Å². The number of aliphatic hydroxyl groups excluding tert-OH is 2. The highest BCUT2D eigenvalue weighted by atomic mass is 16.3. The SMILES string of the molecule is NC1CCCc2cccnc21.OC1CCCc2cccnc21.OC1CCCc2cccnc21.[HH].[N-]=[N+]=NC1CCCc2cccnc21. The van der Waals surface area contributed by atoms with Gasteiger partial charge in [-0.3, -0.25) is 19.9 Å². The van der Waals surface area contributed by atoms with Crippen LogP contribution in [0.5, 0.6) is 0 Å². The van der Waals surface area contributed by atoms with Gasteiger partial charge in [0, 0.05) is 37.2 Å². The number of hydrogen-bond acceptors (Lipinski definition) is 8. The Morgan fingerprint density at radius 2 is 1.00 bits per heavy atom. The Hall–Kier alpha value is -4.21. The van der Waals surface area contributed by atoms with E-state index in [4.69, 9.17) is 11.3 Å². The fraction of sp³-hybridized carbons (Fsp3) is 0.444. The van der Waals surface area contributed by atoms with Gasteiger partial charge in [0.2, 0.25) is 0 Å². The Balaban J connectivity index is 0.000000141. The molecule has 4 aromatic rings. The van der Waals surface area contributed by atoms with Crippen LogP contribution in [0.15, 0.2) is 78.4 Å². The zero-order valence-electron chi connectivity index (χ0n) is 26.3. The summed E-state index contributed by atoms with van der Waals surface area (Å²) in [5.41, 5.74) is 23.1. The van der Waals surface area contributed by atoms with Crippen LogP contribution in [0.2, 0.25) is 0 Å². The average molecular weight is 623 g/mol. The molecule has 4 atom stereocenters. The molecule has 0 aromatic carbocycles. The molecule has 4 N–H and O–H groups in total. The summed E-state index contributed by atoms with van der Waals surface area (Å²) in [6, 6.07) is 16.2. The molecule has 0 saturated carbocycles. The standard InChI is InChI=1S/C9H10N4.C9H12N2.2C9H11NO.H2/c10-13-12-8-5-1-3-7-4-2-6-11-9(7)8;10-8-5-1-3-7-4-2-6-11-9(7)8;2*11-8-5-1-3-7-4-2-6-10-9(7)8;/h2,4,6,8H,1,3,5H2;2,4,6,8H,1,3,5,10H2;2*2,4,6,8,11H,1,3,5H2;1H. The Morgan fingerprint density at radius 3 is 1.46 bits per heavy atom. The number of nitrogens with two attached hydrogens (primary N) is 1. The largest absolute Gasteiger partial charge is 0.387 e. The molecule has 0 aliphatic heterocycles. The van der Waals surface area contributed by atoms with Crippen LogP contribution in [-0.2, 0) is 25.7 Å². The zero-order valence-corrected chi connectivity index (χ0v) is 26.3. The van der Waals surface area contributed by atoms with Crippen LogP contribution in [-0.4, -0.2) is 30.1 Å². The van der Waals surface area contributed by atoms with E-state index in [9.17, 15) is 10.2 Å². The number of pyridine rings is 4. The summed E-state index contributed by atoms with van der Waals surface area (Å²) in [6.07, 6.45) is 19.0. The molecule has 10 nitrogen and oxygen atoms in total. The van der Waals surface area contributed by atoms with Crippen LogP contribution >= 0.6 is 0 Å². The molecule has 4 unspecified atom stereocenters. The van der Waals surface area contributed by atoms with Gasteiger partial charge in [-0.05, 0) is 129 Å². The fourth-order valence-corrected chi connectivity index (χ4v) is 6.57. The number of hydrogen-bond donors (Lipinski definition) is 3. The monoisotopic (exact) mass is 622 g/mol. The maximum atomic E-state index is 9.50. The molecular formula is C36H46N8O2. The lowest BCUT2D eigenvalue weighted by molar-refractivity contribution is 0.151. The molecule has 242 valence electrons. The number of aryl methyl sites for hydroxylation is 4. The van der Waals surface area contributed by atoms with Gasteiger partial charge >= 0.3 is 0 Å². The highest BCUT2D eigenvalue weighted by Crippen LogP contribution is 2.31. The van der Waals surface area contributed by atoms with Gasteiger partial charge in [0.15, 0.2) is 0 Å². The van der Waals surface area contributed by atoms with Crippen molar-refractivity contribution >= 4 is 0 Å². The number of aliphatic hydroxyl groups is 2. The summed E-state index contributed by atoms with van der Waals surface area (Å²) in [5, 5.41) is 22.7. The molecule has 46 heavy (non-hydrogen) atoms. The van der Waals surface area contributed by atoms with Crippen molar-refractivity contribution < 1.29 is 11.6 Å². The first-order valence-electron chi connectivity index (χ1n) is 16.5. The molecule has 0 bridgehead atoms. The molecule has 0 spiro atoms. The van der Waals surface area contributed by atoms with E-state index in [-0.39, 0.29) is 25.7 Å². The summed E-state index contributed by atoms with van der Waals surface area (Å²) in [7, 11) is 0. The molecule has 4 aliphatic rings. The second-order valence-electron chi connectivity index (χ2n) is 12.1. The van der Waals surface area contributed by atoms with Gasteiger partial charge in [-0.2, -0.15) is 0 Å². The number of nitrogens with zero attached hydrogens (tertiary/aromatic N) is 7. The van der Waals surface area contributed by atoms with Crippen LogP contribution < -0.4 is 5.73 Å². The first-order valence-corrected chi connectivity index (χ1v) is 16.5. The lowest BCUT2D eigenvalue weighted by Gasteiger charge is -2.19. The third-order valence-electron chi connectivity index (χ3n) is 8.93. The summed E-state index contributed by atoms with van der Waals surface area (Å²) in [5.74, 6) is 0. The van der Waals surface area contributed by atoms with Gasteiger partial charge in [-0.1, -0.05) is 29.4 Å². The summed E-state index contributed by atoms with van der Waals surface area (Å²) in [6.45, 7) is 0. The van der Waals surface area contributed by atoms with Crippen molar-refractivity contribution in [3.63, 3.8) is 0 Å². The average Bonchev–Trinajstić information content (AvgIpc) is 3.10. The molecule has 10 heteroatoms. The second-order valence-corrected chi connectivity index (χ2v) is 12.1. The molecular weight excluding hydrogens is 576 g/mol. The maximum Gasteiger partial charge on any atom is 0.0962 e. The maximum absolute atomic E-state index is 9.50. The topological polar surface area (TPSA) is 167 Å². The van der Waals surface area contributed by atoms with E-state index in [0.29, 0.717) is 0 Å². The van der Waals surface area contributed by atoms with E-state index >= 15 is 0 Å². The van der Waals surface area contributed by atoms with Gasteiger partial charge in [0.05, 0.1) is 41.0 Å². The fourth-order valence-electron chi connectivity index (χ4n) is 6.57. The van der Waals surface area contributed by atoms with Crippen molar-refractivity contribution in [2.75, 3.05) is 0 Å². The van der Waals surface area contributed by atoms with E-state index < -0.39 is 0 Å². The number of azide groups is 1. The smallest absolute Gasteiger partial charge is 0.0962 e. The van der Waals surface area contributed by atoms with Crippen LogP contribution in [0, 0.1) is 0 Å². The Kier molecular flexibility index (Phi) is 12.2. The Bertz CT molecular complexity index is 1480. The third kappa shape index (κ3) is 8.73. The molecule has 8 rings (SSSR count). The predicted octanol–water partition coefficient (Wildman–Crippen LogP) is 7.34. The van der Waals surface area contributed by atoms with Crippen molar-refractivity contribution in [1.29, 1.82) is 0 Å². The van der Waals surface area contributed by atoms with E-state index in [1.807, 2.05) is 42.6 Å². The Morgan fingerprint density at radius 1 is 0.609 bits per heavy atom. The van der Waals surface area contributed by atoms with Gasteiger partial charge in [0.1, 0.15) is 0 Å². The van der Waals surface area contributed by atoms with Gasteiger partial charge in [0.25, 0.3) is 0 Å². The van der Waals surface area contributed by atoms with Crippen LogP contribution in [0.1, 0.15) is 122 Å². The number of fused-ring (bicyclic) bond motifs is 4. The predicted molar refractivity (Wildman–Crippen MR) is 180 cm³/mol. The van der Waals surface area contributed by atoms with E-state index in [1.165, 1.54) is 28.7 Å². The van der Waals surface area contributed by atoms with Crippen molar-refractivity contribution in [1.82, 2.24) is 19.9 Å². The molecule has 4 heterocycles. The van der Waals surface area contributed by atoms with E-state index in [1.54, 1.807) is 18.6 Å². The molecule has 4 aromatic heterocycles. The minimum absolute atomic E-state index is 0. The highest BCUT2D eigenvalue weighted by Gasteiger charge is 2.20. The van der Waals surface area contributed by atoms with Gasteiger partial charge in [-0.15, -0.1) is 0 Å². The van der Waals surface area contributed by atoms with E-state index in [0.717, 1.165) is 93.4 Å². The molecule has 0 radical (unpaired) electrons. The summed E-state index contributed by atoms with van der Waals surface area (Å²) < 4.78 is 0. The van der Waals surface area contributed by atoms with Crippen LogP contribution in [0.4, 0.5) is 0 Å². The highest BCUT2D eigenvalue weighted by molar-refractivity contribution is 5.27. The summed E-state index contributed by atoms with van der Waals surface area (Å²) in [4.78, 5) is 19.7. The van der Waals surface area contributed by atoms with Crippen LogP contribution in [0.3, 0.4) is 0 Å². The lowest BCUT2D eigenvalue weighted by atomic mass is 9.92. The first kappa shape index (κ1) is 33.2. The van der Waals surface area contributed by atoms with Crippen LogP contribution in [0.25, 0.3) is 10.4 Å². The molecule has 4 aliphatic carbocycles. The Labute approximate surface area is 272 Å². The minimum atomic E-state index is -0.319. The van der Waals surface area contributed by atoms with Crippen molar-refractivity contribution in [3.8, 4) is 0 Å². The van der Waals surface area contributed by atoms with Gasteiger partial charge < -0.3 is 15.9 Å². The summed E-state index contributed by atoms with van der Waals surface area (Å²) >= 11 is 0. The molecule has 0 fully saturated rings. The normalized spacial score (nSPS) is 22.1. The van der Waals surface area contributed by atoms with Crippen molar-refractivity contribution in [3.05, 3.63) is 129 Å². The number of aromatic nitrogens is 4. The zero-order chi connectivity index (χ0) is 32.1.